The second kappa shape index (κ2) is 6.24. The molecule has 3 rings (SSSR count). The quantitative estimate of drug-likeness (QED) is 0.620. The third-order valence-electron chi connectivity index (χ3n) is 3.73. The Hall–Kier alpha value is -2.62. The summed E-state index contributed by atoms with van der Waals surface area (Å²) in [5.74, 6) is -1.41. The monoisotopic (exact) mass is 310 g/mol. The summed E-state index contributed by atoms with van der Waals surface area (Å²) in [4.78, 5) is 7.58. The number of pyridine rings is 2. The molecule has 0 aliphatic rings. The molecular formula is C19H16F2N2. The van der Waals surface area contributed by atoms with Gasteiger partial charge in [-0.25, -0.2) is 0 Å². The van der Waals surface area contributed by atoms with Crippen LogP contribution in [0.2, 0.25) is 0 Å². The first-order valence-electron chi connectivity index (χ1n) is 7.44. The first kappa shape index (κ1) is 15.3. The highest BCUT2D eigenvalue weighted by atomic mass is 19.1. The van der Waals surface area contributed by atoms with Gasteiger partial charge in [0, 0.05) is 6.20 Å². The first-order chi connectivity index (χ1) is 11.1. The van der Waals surface area contributed by atoms with Gasteiger partial charge in [-0.1, -0.05) is 44.2 Å². The molecule has 1 aromatic carbocycles. The molecule has 2 heterocycles. The number of halogens is 2. The minimum absolute atomic E-state index is 0.193. The molecule has 2 aromatic heterocycles. The van der Waals surface area contributed by atoms with Crippen molar-refractivity contribution in [2.24, 2.45) is 0 Å². The Balaban J connectivity index is 2.18. The van der Waals surface area contributed by atoms with Crippen molar-refractivity contribution in [1.29, 1.82) is 0 Å². The van der Waals surface area contributed by atoms with E-state index < -0.39 is 11.9 Å². The number of nitrogens with zero attached hydrogens (tertiary/aromatic N) is 2. The molecule has 0 saturated heterocycles. The SMILES string of the molecule is CC(C)c1cnc(-c2ccc(F)nc2F)cc1-c1ccccc1. The number of aromatic nitrogens is 2. The van der Waals surface area contributed by atoms with E-state index in [2.05, 4.69) is 23.8 Å². The van der Waals surface area contributed by atoms with E-state index in [0.29, 0.717) is 5.69 Å². The van der Waals surface area contributed by atoms with E-state index in [1.54, 1.807) is 6.20 Å². The van der Waals surface area contributed by atoms with Crippen molar-refractivity contribution >= 4 is 0 Å². The third-order valence-corrected chi connectivity index (χ3v) is 3.73. The minimum Gasteiger partial charge on any atom is -0.256 e. The molecule has 0 spiro atoms. The van der Waals surface area contributed by atoms with Gasteiger partial charge in [0.25, 0.3) is 0 Å². The van der Waals surface area contributed by atoms with Gasteiger partial charge in [0.15, 0.2) is 0 Å². The lowest BCUT2D eigenvalue weighted by Gasteiger charge is -2.14. The molecule has 0 aliphatic heterocycles. The summed E-state index contributed by atoms with van der Waals surface area (Å²) >= 11 is 0. The molecule has 4 heteroatoms. The molecule has 0 unspecified atom stereocenters. The maximum absolute atomic E-state index is 13.9. The topological polar surface area (TPSA) is 25.8 Å². The highest BCUT2D eigenvalue weighted by Crippen LogP contribution is 2.32. The Morgan fingerprint density at radius 3 is 2.30 bits per heavy atom. The molecule has 0 atom stereocenters. The van der Waals surface area contributed by atoms with Crippen LogP contribution in [0.15, 0.2) is 54.7 Å². The predicted octanol–water partition coefficient (Wildman–Crippen LogP) is 5.21. The van der Waals surface area contributed by atoms with Crippen molar-refractivity contribution in [2.45, 2.75) is 19.8 Å². The van der Waals surface area contributed by atoms with Gasteiger partial charge in [0.2, 0.25) is 11.9 Å². The van der Waals surface area contributed by atoms with Crippen LogP contribution in [0.1, 0.15) is 25.3 Å². The molecule has 0 N–H and O–H groups in total. The average molecular weight is 310 g/mol. The summed E-state index contributed by atoms with van der Waals surface area (Å²) < 4.78 is 26.9. The van der Waals surface area contributed by atoms with Crippen molar-refractivity contribution in [2.75, 3.05) is 0 Å². The molecule has 0 fully saturated rings. The summed E-state index contributed by atoms with van der Waals surface area (Å²) in [6.45, 7) is 4.17. The van der Waals surface area contributed by atoms with Crippen molar-refractivity contribution < 1.29 is 8.78 Å². The van der Waals surface area contributed by atoms with Crippen LogP contribution in [0.5, 0.6) is 0 Å². The molecule has 3 aromatic rings. The van der Waals surface area contributed by atoms with Crippen LogP contribution < -0.4 is 0 Å². The minimum atomic E-state index is -0.853. The molecule has 0 bridgehead atoms. The lowest BCUT2D eigenvalue weighted by Crippen LogP contribution is -1.98. The number of benzene rings is 1. The fraction of sp³-hybridized carbons (Fsp3) is 0.158. The van der Waals surface area contributed by atoms with Crippen LogP contribution in [0.3, 0.4) is 0 Å². The van der Waals surface area contributed by atoms with E-state index in [-0.39, 0.29) is 11.5 Å². The maximum atomic E-state index is 13.9. The molecule has 0 radical (unpaired) electrons. The number of hydrogen-bond donors (Lipinski definition) is 0. The molecule has 0 aliphatic carbocycles. The zero-order valence-corrected chi connectivity index (χ0v) is 12.9. The highest BCUT2D eigenvalue weighted by molar-refractivity contribution is 5.73. The smallest absolute Gasteiger partial charge is 0.224 e. The normalized spacial score (nSPS) is 11.0. The van der Waals surface area contributed by atoms with E-state index in [1.165, 1.54) is 6.07 Å². The van der Waals surface area contributed by atoms with Crippen molar-refractivity contribution in [3.63, 3.8) is 0 Å². The summed E-state index contributed by atoms with van der Waals surface area (Å²) in [7, 11) is 0. The largest absolute Gasteiger partial charge is 0.256 e. The van der Waals surface area contributed by atoms with E-state index in [9.17, 15) is 8.78 Å². The van der Waals surface area contributed by atoms with E-state index in [0.717, 1.165) is 22.8 Å². The van der Waals surface area contributed by atoms with Crippen molar-refractivity contribution in [3.05, 3.63) is 72.2 Å². The third kappa shape index (κ3) is 3.11. The van der Waals surface area contributed by atoms with E-state index >= 15 is 0 Å². The zero-order valence-electron chi connectivity index (χ0n) is 12.9. The van der Waals surface area contributed by atoms with Gasteiger partial charge in [-0.2, -0.15) is 13.8 Å². The molecule has 23 heavy (non-hydrogen) atoms. The highest BCUT2D eigenvalue weighted by Gasteiger charge is 2.14. The fourth-order valence-electron chi connectivity index (χ4n) is 2.54. The number of hydrogen-bond acceptors (Lipinski definition) is 2. The van der Waals surface area contributed by atoms with E-state index in [4.69, 9.17) is 0 Å². The summed E-state index contributed by atoms with van der Waals surface area (Å²) in [6, 6.07) is 14.2. The van der Waals surface area contributed by atoms with Crippen LogP contribution in [-0.2, 0) is 0 Å². The van der Waals surface area contributed by atoms with Crippen LogP contribution in [0.4, 0.5) is 8.78 Å². The van der Waals surface area contributed by atoms with Gasteiger partial charge in [-0.05, 0) is 40.8 Å². The van der Waals surface area contributed by atoms with Gasteiger partial charge in [0.1, 0.15) is 0 Å². The fourth-order valence-corrected chi connectivity index (χ4v) is 2.54. The van der Waals surface area contributed by atoms with Crippen LogP contribution in [0, 0.1) is 11.9 Å². The Morgan fingerprint density at radius 2 is 1.65 bits per heavy atom. The predicted molar refractivity (Wildman–Crippen MR) is 86.9 cm³/mol. The average Bonchev–Trinajstić information content (AvgIpc) is 2.55. The van der Waals surface area contributed by atoms with Gasteiger partial charge in [0.05, 0.1) is 11.3 Å². The van der Waals surface area contributed by atoms with Crippen molar-refractivity contribution in [1.82, 2.24) is 9.97 Å². The zero-order chi connectivity index (χ0) is 16.4. The Bertz CT molecular complexity index is 830. The van der Waals surface area contributed by atoms with Crippen LogP contribution >= 0.6 is 0 Å². The van der Waals surface area contributed by atoms with Gasteiger partial charge < -0.3 is 0 Å². The second-order valence-electron chi connectivity index (χ2n) is 5.65. The second-order valence-corrected chi connectivity index (χ2v) is 5.65. The van der Waals surface area contributed by atoms with Crippen LogP contribution in [-0.4, -0.2) is 9.97 Å². The lowest BCUT2D eigenvalue weighted by molar-refractivity contribution is 0.515. The molecule has 2 nitrogen and oxygen atoms in total. The maximum Gasteiger partial charge on any atom is 0.224 e. The summed E-state index contributed by atoms with van der Waals surface area (Å²) in [6.07, 6.45) is 1.76. The van der Waals surface area contributed by atoms with Gasteiger partial charge in [-0.15, -0.1) is 0 Å². The standard InChI is InChI=1S/C19H16F2N2/c1-12(2)16-11-22-17(14-8-9-18(20)23-19(14)21)10-15(16)13-6-4-3-5-7-13/h3-12H,1-2H3. The molecule has 0 amide bonds. The number of rotatable bonds is 3. The summed E-state index contributed by atoms with van der Waals surface area (Å²) in [5.41, 5.74) is 3.75. The van der Waals surface area contributed by atoms with Crippen LogP contribution in [0.25, 0.3) is 22.4 Å². The lowest BCUT2D eigenvalue weighted by atomic mass is 9.93. The van der Waals surface area contributed by atoms with Gasteiger partial charge >= 0.3 is 0 Å². The van der Waals surface area contributed by atoms with Gasteiger partial charge in [-0.3, -0.25) is 4.98 Å². The molecule has 0 saturated carbocycles. The summed E-state index contributed by atoms with van der Waals surface area (Å²) in [5, 5.41) is 0. The van der Waals surface area contributed by atoms with Crippen molar-refractivity contribution in [3.8, 4) is 22.4 Å². The Morgan fingerprint density at radius 1 is 0.913 bits per heavy atom. The Labute approximate surface area is 133 Å². The molecule has 116 valence electrons. The molecular weight excluding hydrogens is 294 g/mol. The first-order valence-corrected chi connectivity index (χ1v) is 7.44. The van der Waals surface area contributed by atoms with E-state index in [1.807, 2.05) is 36.4 Å². The Kier molecular flexibility index (Phi) is 4.15.